The fraction of sp³-hybridized carbons (Fsp3) is 0.538. The van der Waals surface area contributed by atoms with Crippen LogP contribution in [0.5, 0.6) is 0 Å². The van der Waals surface area contributed by atoms with Gasteiger partial charge in [-0.1, -0.05) is 0 Å². The number of allylic oxidation sites excluding steroid dienone is 1. The molecule has 0 aromatic carbocycles. The van der Waals surface area contributed by atoms with Gasteiger partial charge in [0.05, 0.1) is 24.4 Å². The first kappa shape index (κ1) is 14.3. The Hall–Kier alpha value is -1.78. The minimum absolute atomic E-state index is 0.258. The zero-order chi connectivity index (χ0) is 13.7. The highest BCUT2D eigenvalue weighted by molar-refractivity contribution is 5.95. The largest absolute Gasteiger partial charge is 0.463 e. The number of esters is 2. The van der Waals surface area contributed by atoms with Crippen LogP contribution in [0.25, 0.3) is 0 Å². The molecule has 1 aliphatic rings. The number of rotatable bonds is 4. The van der Waals surface area contributed by atoms with Crippen LogP contribution in [-0.4, -0.2) is 37.1 Å². The van der Waals surface area contributed by atoms with Gasteiger partial charge in [-0.25, -0.2) is 9.59 Å². The van der Waals surface area contributed by atoms with Crippen LogP contribution in [0, 0.1) is 0 Å². The Kier molecular flexibility index (Phi) is 4.95. The van der Waals surface area contributed by atoms with Gasteiger partial charge in [0.15, 0.2) is 0 Å². The van der Waals surface area contributed by atoms with Gasteiger partial charge in [0.1, 0.15) is 0 Å². The summed E-state index contributed by atoms with van der Waals surface area (Å²) in [5.74, 6) is -0.768. The first-order valence-corrected chi connectivity index (χ1v) is 5.98. The lowest BCUT2D eigenvalue weighted by Gasteiger charge is -2.25. The Labute approximate surface area is 107 Å². The molecule has 5 heteroatoms. The number of hydrogen-bond donors (Lipinski definition) is 0. The predicted octanol–water partition coefficient (Wildman–Crippen LogP) is 1.61. The smallest absolute Gasteiger partial charge is 0.336 e. The monoisotopic (exact) mass is 253 g/mol. The number of carbonyl (C=O) groups is 2. The summed E-state index contributed by atoms with van der Waals surface area (Å²) in [6.07, 6.45) is 1.95. The fourth-order valence-electron chi connectivity index (χ4n) is 1.69. The molecule has 18 heavy (non-hydrogen) atoms. The van der Waals surface area contributed by atoms with Crippen molar-refractivity contribution in [2.45, 2.75) is 27.2 Å². The highest BCUT2D eigenvalue weighted by Gasteiger charge is 2.25. The summed E-state index contributed by atoms with van der Waals surface area (Å²) in [7, 11) is 1.78. The van der Waals surface area contributed by atoms with Crippen LogP contribution in [0.2, 0.25) is 0 Å². The maximum absolute atomic E-state index is 11.8. The molecule has 0 aliphatic carbocycles. The van der Waals surface area contributed by atoms with E-state index in [0.717, 1.165) is 5.70 Å². The van der Waals surface area contributed by atoms with Crippen molar-refractivity contribution in [1.82, 2.24) is 4.90 Å². The Bertz CT molecular complexity index is 409. The summed E-state index contributed by atoms with van der Waals surface area (Å²) < 4.78 is 9.93. The zero-order valence-corrected chi connectivity index (χ0v) is 11.3. The van der Waals surface area contributed by atoms with E-state index in [1.165, 1.54) is 0 Å². The van der Waals surface area contributed by atoms with Crippen LogP contribution in [0.3, 0.4) is 0 Å². The normalized spacial score (nSPS) is 15.3. The van der Waals surface area contributed by atoms with E-state index in [1.807, 2.05) is 6.92 Å². The molecule has 1 aliphatic heterocycles. The van der Waals surface area contributed by atoms with Crippen molar-refractivity contribution in [1.29, 1.82) is 0 Å². The number of ether oxygens (including phenoxy) is 2. The maximum atomic E-state index is 11.8. The Morgan fingerprint density at radius 1 is 1.22 bits per heavy atom. The SMILES string of the molecule is CCOC(=O)C1=CN(C)C(C)=C(C(=O)OCC)C1. The van der Waals surface area contributed by atoms with Crippen molar-refractivity contribution < 1.29 is 19.1 Å². The average Bonchev–Trinajstić information content (AvgIpc) is 2.32. The quantitative estimate of drug-likeness (QED) is 0.712. The molecule has 0 fully saturated rings. The van der Waals surface area contributed by atoms with Crippen molar-refractivity contribution >= 4 is 11.9 Å². The lowest BCUT2D eigenvalue weighted by Crippen LogP contribution is -2.24. The Balaban J connectivity index is 2.90. The van der Waals surface area contributed by atoms with E-state index >= 15 is 0 Å². The van der Waals surface area contributed by atoms with Crippen molar-refractivity contribution in [2.75, 3.05) is 20.3 Å². The number of hydrogen-bond acceptors (Lipinski definition) is 5. The number of carbonyl (C=O) groups excluding carboxylic acids is 2. The third-order valence-electron chi connectivity index (χ3n) is 2.74. The minimum Gasteiger partial charge on any atom is -0.463 e. The molecule has 1 rings (SSSR count). The Morgan fingerprint density at radius 3 is 2.33 bits per heavy atom. The van der Waals surface area contributed by atoms with Gasteiger partial charge < -0.3 is 14.4 Å². The first-order chi connectivity index (χ1) is 8.51. The van der Waals surface area contributed by atoms with Gasteiger partial charge in [-0.15, -0.1) is 0 Å². The molecule has 0 atom stereocenters. The van der Waals surface area contributed by atoms with Gasteiger partial charge in [0.2, 0.25) is 0 Å². The second-order valence-electron chi connectivity index (χ2n) is 3.95. The van der Waals surface area contributed by atoms with Crippen molar-refractivity contribution in [3.05, 3.63) is 23.0 Å². The topological polar surface area (TPSA) is 55.8 Å². The van der Waals surface area contributed by atoms with E-state index in [-0.39, 0.29) is 12.4 Å². The molecule has 0 bridgehead atoms. The molecule has 100 valence electrons. The van der Waals surface area contributed by atoms with Crippen LogP contribution in [-0.2, 0) is 19.1 Å². The lowest BCUT2D eigenvalue weighted by atomic mass is 10.0. The van der Waals surface area contributed by atoms with Crippen LogP contribution < -0.4 is 0 Å². The molecule has 5 nitrogen and oxygen atoms in total. The van der Waals surface area contributed by atoms with E-state index in [4.69, 9.17) is 9.47 Å². The molecule has 0 saturated carbocycles. The summed E-state index contributed by atoms with van der Waals surface area (Å²) in [5.41, 5.74) is 1.76. The summed E-state index contributed by atoms with van der Waals surface area (Å²) in [6.45, 7) is 5.96. The van der Waals surface area contributed by atoms with Gasteiger partial charge in [-0.05, 0) is 20.8 Å². The molecule has 1 heterocycles. The van der Waals surface area contributed by atoms with Crippen molar-refractivity contribution in [3.8, 4) is 0 Å². The molecule has 0 aromatic heterocycles. The van der Waals surface area contributed by atoms with Crippen LogP contribution in [0.15, 0.2) is 23.0 Å². The van der Waals surface area contributed by atoms with Gasteiger partial charge in [-0.3, -0.25) is 0 Å². The molecule has 0 radical (unpaired) electrons. The van der Waals surface area contributed by atoms with E-state index in [9.17, 15) is 9.59 Å². The molecular weight excluding hydrogens is 234 g/mol. The van der Waals surface area contributed by atoms with Crippen molar-refractivity contribution in [3.63, 3.8) is 0 Å². The highest BCUT2D eigenvalue weighted by atomic mass is 16.5. The molecule has 0 amide bonds. The number of nitrogens with zero attached hydrogens (tertiary/aromatic N) is 1. The highest BCUT2D eigenvalue weighted by Crippen LogP contribution is 2.25. The fourth-order valence-corrected chi connectivity index (χ4v) is 1.69. The summed E-state index contributed by atoms with van der Waals surface area (Å²) >= 11 is 0. The average molecular weight is 253 g/mol. The zero-order valence-electron chi connectivity index (χ0n) is 11.3. The van der Waals surface area contributed by atoms with Gasteiger partial charge in [-0.2, -0.15) is 0 Å². The molecule has 0 unspecified atom stereocenters. The second-order valence-corrected chi connectivity index (χ2v) is 3.95. The van der Waals surface area contributed by atoms with Crippen LogP contribution >= 0.6 is 0 Å². The van der Waals surface area contributed by atoms with Crippen LogP contribution in [0.1, 0.15) is 27.2 Å². The van der Waals surface area contributed by atoms with E-state index in [2.05, 4.69) is 0 Å². The van der Waals surface area contributed by atoms with Gasteiger partial charge in [0, 0.05) is 25.4 Å². The summed E-state index contributed by atoms with van der Waals surface area (Å²) in [4.78, 5) is 25.2. The van der Waals surface area contributed by atoms with Crippen molar-refractivity contribution in [2.24, 2.45) is 0 Å². The standard InChI is InChI=1S/C13H19NO4/c1-5-17-12(15)10-7-11(13(16)18-6-2)9(3)14(4)8-10/h8H,5-7H2,1-4H3. The molecular formula is C13H19NO4. The first-order valence-electron chi connectivity index (χ1n) is 5.98. The third-order valence-corrected chi connectivity index (χ3v) is 2.74. The van der Waals surface area contributed by atoms with E-state index < -0.39 is 5.97 Å². The molecule has 0 N–H and O–H groups in total. The maximum Gasteiger partial charge on any atom is 0.336 e. The predicted molar refractivity (Wildman–Crippen MR) is 66.4 cm³/mol. The summed E-state index contributed by atoms with van der Waals surface area (Å²) in [6, 6.07) is 0. The Morgan fingerprint density at radius 2 is 1.78 bits per heavy atom. The van der Waals surface area contributed by atoms with Gasteiger partial charge >= 0.3 is 11.9 Å². The van der Waals surface area contributed by atoms with Crippen LogP contribution in [0.4, 0.5) is 0 Å². The second kappa shape index (κ2) is 6.23. The molecule has 0 aromatic rings. The van der Waals surface area contributed by atoms with Gasteiger partial charge in [0.25, 0.3) is 0 Å². The lowest BCUT2D eigenvalue weighted by molar-refractivity contribution is -0.139. The summed E-state index contributed by atoms with van der Waals surface area (Å²) in [5, 5.41) is 0. The van der Waals surface area contributed by atoms with E-state index in [1.54, 1.807) is 32.0 Å². The van der Waals surface area contributed by atoms with E-state index in [0.29, 0.717) is 24.4 Å². The molecule has 0 spiro atoms. The third kappa shape index (κ3) is 3.12. The molecule has 0 saturated heterocycles. The minimum atomic E-state index is -0.390.